The highest BCUT2D eigenvalue weighted by Crippen LogP contribution is 2.25. The van der Waals surface area contributed by atoms with Crippen molar-refractivity contribution in [3.63, 3.8) is 0 Å². The number of anilines is 1. The SMILES string of the molecule is O=C(Cc1cc(Br)cs1)c1ccc2c(c1)CCN2. The first kappa shape index (κ1) is 11.9. The zero-order valence-corrected chi connectivity index (χ0v) is 12.1. The predicted molar refractivity (Wildman–Crippen MR) is 78.7 cm³/mol. The fraction of sp³-hybridized carbons (Fsp3) is 0.214. The van der Waals surface area contributed by atoms with Crippen molar-refractivity contribution in [3.05, 3.63) is 50.1 Å². The van der Waals surface area contributed by atoms with E-state index in [9.17, 15) is 4.79 Å². The molecule has 0 spiro atoms. The predicted octanol–water partition coefficient (Wildman–Crippen LogP) is 3.90. The fourth-order valence-corrected chi connectivity index (χ4v) is 3.63. The van der Waals surface area contributed by atoms with Crippen LogP contribution in [-0.2, 0) is 12.8 Å². The fourth-order valence-electron chi connectivity index (χ4n) is 2.19. The van der Waals surface area contributed by atoms with Crippen LogP contribution in [0.15, 0.2) is 34.1 Å². The number of benzene rings is 1. The highest BCUT2D eigenvalue weighted by molar-refractivity contribution is 9.10. The number of rotatable bonds is 3. The smallest absolute Gasteiger partial charge is 0.168 e. The second kappa shape index (κ2) is 4.86. The number of fused-ring (bicyclic) bond motifs is 1. The van der Waals surface area contributed by atoms with Gasteiger partial charge in [-0.2, -0.15) is 0 Å². The van der Waals surface area contributed by atoms with Gasteiger partial charge in [0.1, 0.15) is 0 Å². The molecule has 4 heteroatoms. The number of ketones is 1. The maximum Gasteiger partial charge on any atom is 0.168 e. The molecule has 1 aromatic heterocycles. The lowest BCUT2D eigenvalue weighted by Crippen LogP contribution is -2.02. The second-order valence-corrected chi connectivity index (χ2v) is 6.29. The molecule has 0 amide bonds. The van der Waals surface area contributed by atoms with Crippen molar-refractivity contribution in [1.82, 2.24) is 0 Å². The quantitative estimate of drug-likeness (QED) is 0.868. The van der Waals surface area contributed by atoms with Gasteiger partial charge in [0.2, 0.25) is 0 Å². The van der Waals surface area contributed by atoms with E-state index < -0.39 is 0 Å². The van der Waals surface area contributed by atoms with Gasteiger partial charge in [-0.3, -0.25) is 4.79 Å². The number of carbonyl (C=O) groups excluding carboxylic acids is 1. The van der Waals surface area contributed by atoms with Crippen molar-refractivity contribution in [2.75, 3.05) is 11.9 Å². The van der Waals surface area contributed by atoms with Crippen molar-refractivity contribution < 1.29 is 4.79 Å². The molecule has 3 rings (SSSR count). The van der Waals surface area contributed by atoms with E-state index in [0.717, 1.165) is 27.9 Å². The van der Waals surface area contributed by atoms with Crippen LogP contribution in [0.25, 0.3) is 0 Å². The van der Waals surface area contributed by atoms with Gasteiger partial charge in [0.15, 0.2) is 5.78 Å². The number of nitrogens with one attached hydrogen (secondary N) is 1. The summed E-state index contributed by atoms with van der Waals surface area (Å²) in [6.45, 7) is 0.977. The van der Waals surface area contributed by atoms with E-state index in [1.807, 2.05) is 29.6 Å². The minimum atomic E-state index is 0.194. The van der Waals surface area contributed by atoms with Gasteiger partial charge in [-0.15, -0.1) is 11.3 Å². The monoisotopic (exact) mass is 321 g/mol. The van der Waals surface area contributed by atoms with Gasteiger partial charge in [-0.05, 0) is 52.2 Å². The molecular weight excluding hydrogens is 310 g/mol. The van der Waals surface area contributed by atoms with E-state index in [1.54, 1.807) is 11.3 Å². The Hall–Kier alpha value is -1.13. The van der Waals surface area contributed by atoms with Gasteiger partial charge >= 0.3 is 0 Å². The lowest BCUT2D eigenvalue weighted by molar-refractivity contribution is 0.0994. The van der Waals surface area contributed by atoms with Crippen molar-refractivity contribution in [2.45, 2.75) is 12.8 Å². The molecule has 0 atom stereocenters. The molecule has 0 saturated heterocycles. The summed E-state index contributed by atoms with van der Waals surface area (Å²) in [5.74, 6) is 0.194. The van der Waals surface area contributed by atoms with E-state index in [2.05, 4.69) is 21.2 Å². The average molecular weight is 322 g/mol. The van der Waals surface area contributed by atoms with Crippen LogP contribution in [0, 0.1) is 0 Å². The molecule has 1 aliphatic rings. The lowest BCUT2D eigenvalue weighted by Gasteiger charge is -2.03. The number of thiophene rings is 1. The highest BCUT2D eigenvalue weighted by atomic mass is 79.9. The molecular formula is C14H12BrNOS. The summed E-state index contributed by atoms with van der Waals surface area (Å²) in [7, 11) is 0. The standard InChI is InChI=1S/C14H12BrNOS/c15-11-6-12(18-8-11)7-14(17)10-1-2-13-9(5-10)3-4-16-13/h1-2,5-6,8,16H,3-4,7H2. The van der Waals surface area contributed by atoms with Crippen LogP contribution >= 0.6 is 27.3 Å². The maximum absolute atomic E-state index is 12.2. The Morgan fingerprint density at radius 1 is 1.39 bits per heavy atom. The Morgan fingerprint density at radius 2 is 2.28 bits per heavy atom. The number of halogens is 1. The summed E-state index contributed by atoms with van der Waals surface area (Å²) in [4.78, 5) is 13.3. The summed E-state index contributed by atoms with van der Waals surface area (Å²) < 4.78 is 1.05. The van der Waals surface area contributed by atoms with Crippen molar-refractivity contribution in [3.8, 4) is 0 Å². The average Bonchev–Trinajstić information content (AvgIpc) is 2.96. The van der Waals surface area contributed by atoms with Crippen LogP contribution in [0.2, 0.25) is 0 Å². The van der Waals surface area contributed by atoms with Gasteiger partial charge in [0, 0.05) is 38.9 Å². The summed E-state index contributed by atoms with van der Waals surface area (Å²) >= 11 is 5.03. The number of hydrogen-bond donors (Lipinski definition) is 1. The lowest BCUT2D eigenvalue weighted by atomic mass is 10.0. The summed E-state index contributed by atoms with van der Waals surface area (Å²) in [5, 5.41) is 5.31. The molecule has 2 nitrogen and oxygen atoms in total. The van der Waals surface area contributed by atoms with Crippen LogP contribution < -0.4 is 5.32 Å². The minimum absolute atomic E-state index is 0.194. The van der Waals surface area contributed by atoms with Gasteiger partial charge in [0.05, 0.1) is 0 Å². The highest BCUT2D eigenvalue weighted by Gasteiger charge is 2.14. The number of hydrogen-bond acceptors (Lipinski definition) is 3. The molecule has 0 aliphatic carbocycles. The minimum Gasteiger partial charge on any atom is -0.384 e. The largest absolute Gasteiger partial charge is 0.384 e. The topological polar surface area (TPSA) is 29.1 Å². The third-order valence-corrected chi connectivity index (χ3v) is 4.79. The summed E-state index contributed by atoms with van der Waals surface area (Å²) in [6.07, 6.45) is 1.50. The summed E-state index contributed by atoms with van der Waals surface area (Å²) in [5.41, 5.74) is 3.25. The van der Waals surface area contributed by atoms with E-state index in [1.165, 1.54) is 11.3 Å². The number of Topliss-reactive ketones (excluding diaryl/α,β-unsaturated/α-hetero) is 1. The first-order valence-corrected chi connectivity index (χ1v) is 7.52. The van der Waals surface area contributed by atoms with Gasteiger partial charge in [0.25, 0.3) is 0 Å². The molecule has 1 N–H and O–H groups in total. The molecule has 18 heavy (non-hydrogen) atoms. The third kappa shape index (κ3) is 2.35. The van der Waals surface area contributed by atoms with E-state index >= 15 is 0 Å². The molecule has 2 aromatic rings. The van der Waals surface area contributed by atoms with Crippen molar-refractivity contribution in [1.29, 1.82) is 0 Å². The molecule has 0 bridgehead atoms. The zero-order chi connectivity index (χ0) is 12.5. The van der Waals surface area contributed by atoms with Gasteiger partial charge in [-0.25, -0.2) is 0 Å². The molecule has 1 aliphatic heterocycles. The van der Waals surface area contributed by atoms with Gasteiger partial charge < -0.3 is 5.32 Å². The molecule has 92 valence electrons. The molecule has 0 saturated carbocycles. The molecule has 0 radical (unpaired) electrons. The van der Waals surface area contributed by atoms with Crippen molar-refractivity contribution in [2.24, 2.45) is 0 Å². The zero-order valence-electron chi connectivity index (χ0n) is 9.70. The Bertz CT molecular complexity index is 606. The normalized spacial score (nSPS) is 13.2. The van der Waals surface area contributed by atoms with E-state index in [0.29, 0.717) is 6.42 Å². The first-order chi connectivity index (χ1) is 8.72. The van der Waals surface area contributed by atoms with Crippen LogP contribution in [0.5, 0.6) is 0 Å². The third-order valence-electron chi connectivity index (χ3n) is 3.09. The maximum atomic E-state index is 12.2. The van der Waals surface area contributed by atoms with E-state index in [4.69, 9.17) is 0 Å². The molecule has 0 fully saturated rings. The Morgan fingerprint density at radius 3 is 3.06 bits per heavy atom. The summed E-state index contributed by atoms with van der Waals surface area (Å²) in [6, 6.07) is 7.97. The molecule has 0 unspecified atom stereocenters. The van der Waals surface area contributed by atoms with Gasteiger partial charge in [-0.1, -0.05) is 0 Å². The second-order valence-electron chi connectivity index (χ2n) is 4.38. The van der Waals surface area contributed by atoms with Crippen LogP contribution in [-0.4, -0.2) is 12.3 Å². The Balaban J connectivity index is 1.80. The van der Waals surface area contributed by atoms with Crippen molar-refractivity contribution >= 4 is 38.7 Å². The Labute approximate surface area is 118 Å². The Kier molecular flexibility index (Phi) is 3.22. The van der Waals surface area contributed by atoms with Crippen LogP contribution in [0.1, 0.15) is 20.8 Å². The number of carbonyl (C=O) groups is 1. The molecule has 1 aromatic carbocycles. The van der Waals surface area contributed by atoms with Crippen LogP contribution in [0.4, 0.5) is 5.69 Å². The molecule has 2 heterocycles. The first-order valence-electron chi connectivity index (χ1n) is 5.85. The van der Waals surface area contributed by atoms with Crippen LogP contribution in [0.3, 0.4) is 0 Å². The van der Waals surface area contributed by atoms with E-state index in [-0.39, 0.29) is 5.78 Å².